The van der Waals surface area contributed by atoms with Crippen molar-refractivity contribution in [2.45, 2.75) is 19.4 Å². The summed E-state index contributed by atoms with van der Waals surface area (Å²) in [6, 6.07) is 0.0380. The van der Waals surface area contributed by atoms with E-state index in [1.807, 2.05) is 19.1 Å². The van der Waals surface area contributed by atoms with Gasteiger partial charge in [-0.05, 0) is 12.3 Å². The summed E-state index contributed by atoms with van der Waals surface area (Å²) < 4.78 is 0. The zero-order valence-electron chi connectivity index (χ0n) is 9.01. The van der Waals surface area contributed by atoms with Gasteiger partial charge in [0.15, 0.2) is 0 Å². The van der Waals surface area contributed by atoms with E-state index in [4.69, 9.17) is 5.73 Å². The molecule has 0 aromatic carbocycles. The molecule has 2 rings (SSSR count). The molecule has 2 N–H and O–H groups in total. The number of amides is 2. The van der Waals surface area contributed by atoms with Gasteiger partial charge in [0.25, 0.3) is 0 Å². The third-order valence-corrected chi connectivity index (χ3v) is 3.49. The Balaban J connectivity index is 2.20. The first kappa shape index (κ1) is 10.4. The predicted molar refractivity (Wildman–Crippen MR) is 55.7 cm³/mol. The molecule has 2 amide bonds. The third kappa shape index (κ3) is 1.49. The minimum absolute atomic E-state index is 0.0380. The second-order valence-corrected chi connectivity index (χ2v) is 4.50. The van der Waals surface area contributed by atoms with Gasteiger partial charge in [-0.2, -0.15) is 0 Å². The number of likely N-dealkylation sites (tertiary alicyclic amines) is 1. The van der Waals surface area contributed by atoms with Crippen LogP contribution in [0.15, 0.2) is 12.2 Å². The number of carbonyl (C=O) groups excluding carboxylic acids is 2. The van der Waals surface area contributed by atoms with Gasteiger partial charge in [0, 0.05) is 19.0 Å². The topological polar surface area (TPSA) is 63.4 Å². The minimum atomic E-state index is -0.206. The van der Waals surface area contributed by atoms with Crippen molar-refractivity contribution in [3.05, 3.63) is 12.2 Å². The van der Waals surface area contributed by atoms with Crippen LogP contribution in [0.3, 0.4) is 0 Å². The fourth-order valence-corrected chi connectivity index (χ4v) is 2.58. The fourth-order valence-electron chi connectivity index (χ4n) is 2.58. The Morgan fingerprint density at radius 2 is 2.00 bits per heavy atom. The first-order valence-electron chi connectivity index (χ1n) is 5.27. The van der Waals surface area contributed by atoms with Gasteiger partial charge in [-0.25, -0.2) is 0 Å². The van der Waals surface area contributed by atoms with E-state index in [2.05, 4.69) is 0 Å². The van der Waals surface area contributed by atoms with Crippen LogP contribution < -0.4 is 5.73 Å². The quantitative estimate of drug-likeness (QED) is 0.492. The molecule has 1 heterocycles. The average Bonchev–Trinajstić information content (AvgIpc) is 2.68. The first-order valence-corrected chi connectivity index (χ1v) is 5.27. The average molecular weight is 208 g/mol. The van der Waals surface area contributed by atoms with E-state index < -0.39 is 0 Å². The highest BCUT2D eigenvalue weighted by molar-refractivity contribution is 6.04. The molecule has 0 saturated carbocycles. The summed E-state index contributed by atoms with van der Waals surface area (Å²) in [4.78, 5) is 24.7. The predicted octanol–water partition coefficient (Wildman–Crippen LogP) is 0.141. The molecule has 0 bridgehead atoms. The van der Waals surface area contributed by atoms with Crippen molar-refractivity contribution >= 4 is 11.8 Å². The van der Waals surface area contributed by atoms with Crippen LogP contribution in [0.4, 0.5) is 0 Å². The van der Waals surface area contributed by atoms with Crippen LogP contribution in [-0.2, 0) is 9.59 Å². The molecule has 0 radical (unpaired) electrons. The first-order chi connectivity index (χ1) is 7.02. The zero-order valence-corrected chi connectivity index (χ0v) is 9.01. The molecule has 1 aliphatic carbocycles. The minimum Gasteiger partial charge on any atom is -0.324 e. The van der Waals surface area contributed by atoms with Crippen molar-refractivity contribution in [3.8, 4) is 0 Å². The van der Waals surface area contributed by atoms with Gasteiger partial charge >= 0.3 is 0 Å². The second-order valence-electron chi connectivity index (χ2n) is 4.50. The summed E-state index contributed by atoms with van der Waals surface area (Å²) >= 11 is 0. The molecule has 4 unspecified atom stereocenters. The van der Waals surface area contributed by atoms with Crippen LogP contribution >= 0.6 is 0 Å². The highest BCUT2D eigenvalue weighted by Gasteiger charge is 2.47. The number of hydrogen-bond donors (Lipinski definition) is 1. The van der Waals surface area contributed by atoms with Crippen molar-refractivity contribution < 1.29 is 9.59 Å². The largest absolute Gasteiger partial charge is 0.324 e. The SMILES string of the molecule is CC1C(=O)N(C)C(=O)C1C1C=CC(N)C1. The van der Waals surface area contributed by atoms with Gasteiger partial charge < -0.3 is 5.73 Å². The highest BCUT2D eigenvalue weighted by Crippen LogP contribution is 2.36. The number of hydrogen-bond acceptors (Lipinski definition) is 3. The van der Waals surface area contributed by atoms with Crippen molar-refractivity contribution in [2.75, 3.05) is 7.05 Å². The Bertz CT molecular complexity index is 337. The van der Waals surface area contributed by atoms with Crippen LogP contribution in [0.25, 0.3) is 0 Å². The maximum absolute atomic E-state index is 11.9. The lowest BCUT2D eigenvalue weighted by Gasteiger charge is -2.18. The normalized spacial score (nSPS) is 40.6. The lowest BCUT2D eigenvalue weighted by atomic mass is 9.83. The molecule has 4 heteroatoms. The highest BCUT2D eigenvalue weighted by atomic mass is 16.2. The van der Waals surface area contributed by atoms with Gasteiger partial charge in [-0.15, -0.1) is 0 Å². The standard InChI is InChI=1S/C11H16N2O2/c1-6-9(7-3-4-8(12)5-7)11(15)13(2)10(6)14/h3-4,6-9H,5,12H2,1-2H3. The summed E-state index contributed by atoms with van der Waals surface area (Å²) in [5.74, 6) is -0.402. The Morgan fingerprint density at radius 1 is 1.33 bits per heavy atom. The van der Waals surface area contributed by atoms with E-state index in [9.17, 15) is 9.59 Å². The molecule has 4 atom stereocenters. The summed E-state index contributed by atoms with van der Waals surface area (Å²) in [6.45, 7) is 1.83. The molecule has 0 spiro atoms. The van der Waals surface area contributed by atoms with Crippen LogP contribution in [0.5, 0.6) is 0 Å². The number of allylic oxidation sites excluding steroid dienone is 1. The molecule has 2 aliphatic rings. The monoisotopic (exact) mass is 208 g/mol. The second kappa shape index (κ2) is 3.45. The van der Waals surface area contributed by atoms with Gasteiger partial charge in [0.05, 0.1) is 5.92 Å². The van der Waals surface area contributed by atoms with E-state index in [0.717, 1.165) is 6.42 Å². The smallest absolute Gasteiger partial charge is 0.233 e. The summed E-state index contributed by atoms with van der Waals surface area (Å²) in [6.07, 6.45) is 4.69. The molecule has 82 valence electrons. The van der Waals surface area contributed by atoms with Crippen LogP contribution in [-0.4, -0.2) is 29.8 Å². The fraction of sp³-hybridized carbons (Fsp3) is 0.636. The van der Waals surface area contributed by atoms with E-state index in [0.29, 0.717) is 0 Å². The number of rotatable bonds is 1. The summed E-state index contributed by atoms with van der Waals surface area (Å²) in [7, 11) is 1.56. The molecular formula is C11H16N2O2. The zero-order chi connectivity index (χ0) is 11.2. The van der Waals surface area contributed by atoms with Gasteiger partial charge in [0.2, 0.25) is 11.8 Å². The molecule has 0 aromatic heterocycles. The molecule has 0 aromatic rings. The lowest BCUT2D eigenvalue weighted by molar-refractivity contribution is -0.138. The van der Waals surface area contributed by atoms with E-state index >= 15 is 0 Å². The number of nitrogens with zero attached hydrogens (tertiary/aromatic N) is 1. The third-order valence-electron chi connectivity index (χ3n) is 3.49. The molecule has 4 nitrogen and oxygen atoms in total. The molecule has 1 fully saturated rings. The lowest BCUT2D eigenvalue weighted by Crippen LogP contribution is -2.28. The van der Waals surface area contributed by atoms with Crippen molar-refractivity contribution in [2.24, 2.45) is 23.5 Å². The number of imide groups is 1. The number of carbonyl (C=O) groups is 2. The molecular weight excluding hydrogens is 192 g/mol. The van der Waals surface area contributed by atoms with E-state index in [1.165, 1.54) is 4.90 Å². The maximum atomic E-state index is 11.9. The van der Waals surface area contributed by atoms with Crippen LogP contribution in [0.1, 0.15) is 13.3 Å². The number of nitrogens with two attached hydrogens (primary N) is 1. The van der Waals surface area contributed by atoms with Crippen molar-refractivity contribution in [1.82, 2.24) is 4.90 Å². The summed E-state index contributed by atoms with van der Waals surface area (Å²) in [5, 5.41) is 0. The van der Waals surface area contributed by atoms with Crippen molar-refractivity contribution in [3.63, 3.8) is 0 Å². The van der Waals surface area contributed by atoms with Gasteiger partial charge in [0.1, 0.15) is 0 Å². The van der Waals surface area contributed by atoms with Crippen molar-refractivity contribution in [1.29, 1.82) is 0 Å². The Hall–Kier alpha value is -1.16. The van der Waals surface area contributed by atoms with Gasteiger partial charge in [-0.3, -0.25) is 14.5 Å². The Labute approximate surface area is 89.1 Å². The Morgan fingerprint density at radius 3 is 2.40 bits per heavy atom. The maximum Gasteiger partial charge on any atom is 0.233 e. The van der Waals surface area contributed by atoms with E-state index in [1.54, 1.807) is 7.05 Å². The molecule has 1 saturated heterocycles. The molecule has 15 heavy (non-hydrogen) atoms. The Kier molecular flexibility index (Phi) is 2.38. The van der Waals surface area contributed by atoms with E-state index in [-0.39, 0.29) is 35.6 Å². The molecule has 1 aliphatic heterocycles. The van der Waals surface area contributed by atoms with Crippen LogP contribution in [0, 0.1) is 17.8 Å². The summed E-state index contributed by atoms with van der Waals surface area (Å²) in [5.41, 5.74) is 5.76. The van der Waals surface area contributed by atoms with Crippen LogP contribution in [0.2, 0.25) is 0 Å². The van der Waals surface area contributed by atoms with Gasteiger partial charge in [-0.1, -0.05) is 19.1 Å².